The molecule has 1 aliphatic heterocycles. The second-order valence-electron chi connectivity index (χ2n) is 7.30. The topological polar surface area (TPSA) is 88.9 Å². The molecule has 2 aromatic heterocycles. The fourth-order valence-electron chi connectivity index (χ4n) is 3.68. The van der Waals surface area contributed by atoms with E-state index in [-0.39, 0.29) is 11.8 Å². The first-order chi connectivity index (χ1) is 13.9. The lowest BCUT2D eigenvalue weighted by atomic mass is 10.1. The summed E-state index contributed by atoms with van der Waals surface area (Å²) in [5, 5.41) is 5.86. The van der Waals surface area contributed by atoms with Crippen molar-refractivity contribution >= 4 is 46.0 Å². The largest absolute Gasteiger partial charge is 0.326 e. The fraction of sp³-hybridized carbons (Fsp3) is 0.333. The normalized spacial score (nSPS) is 13.6. The number of aromatic nitrogens is 3. The number of hydrogen-bond donors (Lipinski definition) is 2. The first-order valence-electron chi connectivity index (χ1n) is 9.67. The summed E-state index contributed by atoms with van der Waals surface area (Å²) >= 11 is 6.30. The molecule has 8 heteroatoms. The van der Waals surface area contributed by atoms with E-state index < -0.39 is 0 Å². The van der Waals surface area contributed by atoms with Gasteiger partial charge in [0.1, 0.15) is 11.3 Å². The first-order valence-corrected chi connectivity index (χ1v) is 10.1. The number of fused-ring (bicyclic) bond motifs is 3. The quantitative estimate of drug-likeness (QED) is 0.671. The van der Waals surface area contributed by atoms with E-state index in [1.54, 1.807) is 24.3 Å². The molecule has 0 spiro atoms. The van der Waals surface area contributed by atoms with Crippen molar-refractivity contribution in [1.82, 2.24) is 14.5 Å². The number of carbonyl (C=O) groups is 2. The number of benzene rings is 1. The molecule has 0 unspecified atom stereocenters. The van der Waals surface area contributed by atoms with Crippen LogP contribution in [0, 0.1) is 6.92 Å². The van der Waals surface area contributed by atoms with Gasteiger partial charge in [0, 0.05) is 31.3 Å². The average molecular weight is 412 g/mol. The summed E-state index contributed by atoms with van der Waals surface area (Å²) in [6.45, 7) is 4.18. The Kier molecular flexibility index (Phi) is 5.24. The van der Waals surface area contributed by atoms with Gasteiger partial charge in [0.25, 0.3) is 5.91 Å². The van der Waals surface area contributed by atoms with E-state index in [4.69, 9.17) is 16.6 Å². The number of anilines is 2. The van der Waals surface area contributed by atoms with E-state index in [1.165, 1.54) is 13.3 Å². The summed E-state index contributed by atoms with van der Waals surface area (Å²) in [5.74, 6) is 0.511. The van der Waals surface area contributed by atoms with Crippen LogP contribution >= 0.6 is 11.6 Å². The molecule has 0 saturated heterocycles. The highest BCUT2D eigenvalue weighted by atomic mass is 35.5. The third-order valence-electron chi connectivity index (χ3n) is 4.97. The minimum atomic E-state index is -0.289. The second-order valence-corrected chi connectivity index (χ2v) is 7.71. The summed E-state index contributed by atoms with van der Waals surface area (Å²) < 4.78 is 2.14. The third-order valence-corrected chi connectivity index (χ3v) is 5.29. The van der Waals surface area contributed by atoms with Crippen molar-refractivity contribution < 1.29 is 9.59 Å². The van der Waals surface area contributed by atoms with Gasteiger partial charge < -0.3 is 15.2 Å². The van der Waals surface area contributed by atoms with Crippen LogP contribution in [0.5, 0.6) is 0 Å². The van der Waals surface area contributed by atoms with Crippen molar-refractivity contribution in [2.24, 2.45) is 0 Å². The second kappa shape index (κ2) is 7.83. The van der Waals surface area contributed by atoms with E-state index in [1.807, 2.05) is 6.92 Å². The molecule has 0 aliphatic carbocycles. The summed E-state index contributed by atoms with van der Waals surface area (Å²) in [4.78, 5) is 33.7. The molecule has 3 aromatic rings. The summed E-state index contributed by atoms with van der Waals surface area (Å²) in [5.41, 5.74) is 3.67. The first kappa shape index (κ1) is 19.4. The number of nitrogens with zero attached hydrogens (tertiary/aromatic N) is 3. The van der Waals surface area contributed by atoms with Crippen molar-refractivity contribution in [1.29, 1.82) is 0 Å². The van der Waals surface area contributed by atoms with Crippen molar-refractivity contribution in [3.63, 3.8) is 0 Å². The SMILES string of the molecule is CC(=O)Nc1ccc(NC(=O)c2cc(C)nc3c2nc2n3CCCCC2)c(Cl)c1. The maximum atomic E-state index is 13.1. The molecule has 2 amide bonds. The molecular formula is C21H22ClN5O2. The Hall–Kier alpha value is -2.93. The standard InChI is InChI=1S/C21H22ClN5O2/c1-12-10-15(19-20(23-12)27-9-5-3-4-6-18(27)26-19)21(29)25-17-8-7-14(11-16(17)22)24-13(2)28/h7-8,10-11H,3-6,9H2,1-2H3,(H,24,28)(H,25,29). The van der Waals surface area contributed by atoms with Crippen molar-refractivity contribution in [3.8, 4) is 0 Å². The molecule has 3 heterocycles. The summed E-state index contributed by atoms with van der Waals surface area (Å²) in [6, 6.07) is 6.71. The van der Waals surface area contributed by atoms with Gasteiger partial charge in [-0.2, -0.15) is 0 Å². The number of pyridine rings is 1. The molecule has 0 fully saturated rings. The molecule has 2 N–H and O–H groups in total. The molecule has 7 nitrogen and oxygen atoms in total. The van der Waals surface area contributed by atoms with Gasteiger partial charge in [-0.3, -0.25) is 9.59 Å². The zero-order valence-electron chi connectivity index (χ0n) is 16.4. The molecular weight excluding hydrogens is 390 g/mol. The number of amides is 2. The Morgan fingerprint density at radius 2 is 1.93 bits per heavy atom. The van der Waals surface area contributed by atoms with Crippen LogP contribution in [0.3, 0.4) is 0 Å². The Morgan fingerprint density at radius 3 is 2.69 bits per heavy atom. The Morgan fingerprint density at radius 1 is 1.10 bits per heavy atom. The van der Waals surface area contributed by atoms with Crippen LogP contribution in [0.2, 0.25) is 5.02 Å². The molecule has 1 aliphatic rings. The fourth-order valence-corrected chi connectivity index (χ4v) is 3.90. The van der Waals surface area contributed by atoms with Crippen molar-refractivity contribution in [3.05, 3.63) is 46.4 Å². The van der Waals surface area contributed by atoms with Gasteiger partial charge in [-0.05, 0) is 44.0 Å². The maximum Gasteiger partial charge on any atom is 0.258 e. The van der Waals surface area contributed by atoms with Crippen molar-refractivity contribution in [2.75, 3.05) is 10.6 Å². The van der Waals surface area contributed by atoms with Crippen molar-refractivity contribution in [2.45, 2.75) is 46.1 Å². The Labute approximate surface area is 173 Å². The lowest BCUT2D eigenvalue weighted by Crippen LogP contribution is -2.14. The van der Waals surface area contributed by atoms with Gasteiger partial charge in [0.2, 0.25) is 5.91 Å². The molecule has 150 valence electrons. The summed E-state index contributed by atoms with van der Waals surface area (Å²) in [7, 11) is 0. The monoisotopic (exact) mass is 411 g/mol. The van der Waals surface area contributed by atoms with Crippen LogP contribution in [-0.2, 0) is 17.8 Å². The number of nitrogens with one attached hydrogen (secondary N) is 2. The predicted octanol–water partition coefficient (Wildman–Crippen LogP) is 4.33. The summed E-state index contributed by atoms with van der Waals surface area (Å²) in [6.07, 6.45) is 4.26. The van der Waals surface area contributed by atoms with Gasteiger partial charge in [-0.25, -0.2) is 9.97 Å². The van der Waals surface area contributed by atoms with Gasteiger partial charge in [0.15, 0.2) is 5.65 Å². The molecule has 29 heavy (non-hydrogen) atoms. The molecule has 4 rings (SSSR count). The number of aryl methyl sites for hydroxylation is 3. The minimum absolute atomic E-state index is 0.188. The smallest absolute Gasteiger partial charge is 0.258 e. The number of imidazole rings is 1. The number of hydrogen-bond acceptors (Lipinski definition) is 4. The van der Waals surface area contributed by atoms with Gasteiger partial charge in [0.05, 0.1) is 16.3 Å². The number of carbonyl (C=O) groups excluding carboxylic acids is 2. The zero-order chi connectivity index (χ0) is 20.5. The highest BCUT2D eigenvalue weighted by Gasteiger charge is 2.21. The van der Waals surface area contributed by atoms with Crippen LogP contribution in [0.4, 0.5) is 11.4 Å². The van der Waals surface area contributed by atoms with Crippen LogP contribution < -0.4 is 10.6 Å². The van der Waals surface area contributed by atoms with E-state index in [2.05, 4.69) is 20.2 Å². The van der Waals surface area contributed by atoms with E-state index in [0.29, 0.717) is 27.5 Å². The predicted molar refractivity (Wildman–Crippen MR) is 114 cm³/mol. The van der Waals surface area contributed by atoms with Crippen LogP contribution in [0.15, 0.2) is 24.3 Å². The van der Waals surface area contributed by atoms with E-state index in [0.717, 1.165) is 43.0 Å². The Bertz CT molecular complexity index is 1120. The average Bonchev–Trinajstić information content (AvgIpc) is 2.84. The van der Waals surface area contributed by atoms with Gasteiger partial charge in [-0.15, -0.1) is 0 Å². The lowest BCUT2D eigenvalue weighted by Gasteiger charge is -2.10. The van der Waals surface area contributed by atoms with Crippen LogP contribution in [0.25, 0.3) is 11.2 Å². The molecule has 0 radical (unpaired) electrons. The maximum absolute atomic E-state index is 13.1. The number of halogens is 1. The minimum Gasteiger partial charge on any atom is -0.326 e. The lowest BCUT2D eigenvalue weighted by molar-refractivity contribution is -0.114. The van der Waals surface area contributed by atoms with Gasteiger partial charge >= 0.3 is 0 Å². The zero-order valence-corrected chi connectivity index (χ0v) is 17.1. The third kappa shape index (κ3) is 3.96. The molecule has 1 aromatic carbocycles. The molecule has 0 saturated carbocycles. The van der Waals surface area contributed by atoms with Crippen LogP contribution in [0.1, 0.15) is 48.1 Å². The number of rotatable bonds is 3. The van der Waals surface area contributed by atoms with E-state index >= 15 is 0 Å². The Balaban J connectivity index is 1.68. The molecule has 0 atom stereocenters. The highest BCUT2D eigenvalue weighted by molar-refractivity contribution is 6.34. The van der Waals surface area contributed by atoms with Gasteiger partial charge in [-0.1, -0.05) is 18.0 Å². The van der Waals surface area contributed by atoms with Crippen LogP contribution in [-0.4, -0.2) is 26.3 Å². The van der Waals surface area contributed by atoms with E-state index in [9.17, 15) is 9.59 Å². The molecule has 0 bridgehead atoms. The highest BCUT2D eigenvalue weighted by Crippen LogP contribution is 2.28.